The second-order valence-electron chi connectivity index (χ2n) is 7.52. The van der Waals surface area contributed by atoms with Crippen molar-refractivity contribution in [3.8, 4) is 0 Å². The van der Waals surface area contributed by atoms with E-state index in [1.807, 2.05) is 6.08 Å². The maximum Gasteiger partial charge on any atom is 0.330 e. The molecule has 0 aliphatic carbocycles. The van der Waals surface area contributed by atoms with Crippen LogP contribution in [0.4, 0.5) is 0 Å². The first-order valence-electron chi connectivity index (χ1n) is 10.0. The summed E-state index contributed by atoms with van der Waals surface area (Å²) in [4.78, 5) is 24.2. The van der Waals surface area contributed by atoms with E-state index in [0.29, 0.717) is 19.4 Å². The summed E-state index contributed by atoms with van der Waals surface area (Å²) in [6, 6.07) is -1.34. The molecule has 4 unspecified atom stereocenters. The molecule has 0 bridgehead atoms. The summed E-state index contributed by atoms with van der Waals surface area (Å²) in [5, 5.41) is 36.1. The minimum absolute atomic E-state index is 0.330. The third kappa shape index (κ3) is 6.92. The molecule has 2 rings (SSSR count). The number of esters is 1. The van der Waals surface area contributed by atoms with E-state index in [1.165, 1.54) is 24.9 Å². The number of aliphatic hydroxyl groups is 3. The van der Waals surface area contributed by atoms with Crippen molar-refractivity contribution in [2.75, 3.05) is 19.9 Å². The number of halogens is 1. The lowest BCUT2D eigenvalue weighted by molar-refractivity contribution is -0.205. The van der Waals surface area contributed by atoms with Crippen LogP contribution in [0.5, 0.6) is 0 Å². The molecule has 176 valence electrons. The van der Waals surface area contributed by atoms with Crippen LogP contribution in [0.15, 0.2) is 23.8 Å². The van der Waals surface area contributed by atoms with E-state index in [9.17, 15) is 24.9 Å². The number of alkyl halides is 1. The van der Waals surface area contributed by atoms with Crippen molar-refractivity contribution in [3.63, 3.8) is 0 Å². The molecule has 1 amide bonds. The number of allylic oxidation sites excluding steroid dienone is 1. The average molecular weight is 479 g/mol. The van der Waals surface area contributed by atoms with Crippen molar-refractivity contribution in [3.05, 3.63) is 23.8 Å². The number of methoxy groups -OCH3 is 1. The fraction of sp³-hybridized carbons (Fsp3) is 0.700. The number of thioether (sulfide) groups is 1. The molecule has 1 saturated heterocycles. The maximum absolute atomic E-state index is 12.9. The summed E-state index contributed by atoms with van der Waals surface area (Å²) >= 11 is 7.49. The highest BCUT2D eigenvalue weighted by atomic mass is 35.5. The molecule has 0 saturated carbocycles. The predicted molar refractivity (Wildman–Crippen MR) is 118 cm³/mol. The van der Waals surface area contributed by atoms with Crippen molar-refractivity contribution in [2.24, 2.45) is 0 Å². The van der Waals surface area contributed by atoms with Crippen LogP contribution in [0.3, 0.4) is 0 Å². The molecule has 0 aromatic carbocycles. The zero-order valence-corrected chi connectivity index (χ0v) is 19.3. The van der Waals surface area contributed by atoms with Crippen LogP contribution < -0.4 is 10.6 Å². The number of carbonyl (C=O) groups is 2. The van der Waals surface area contributed by atoms with Gasteiger partial charge in [0.05, 0.1) is 24.6 Å². The molecule has 0 radical (unpaired) electrons. The Morgan fingerprint density at radius 3 is 2.68 bits per heavy atom. The Hall–Kier alpha value is -1.14. The van der Waals surface area contributed by atoms with E-state index in [4.69, 9.17) is 16.3 Å². The summed E-state index contributed by atoms with van der Waals surface area (Å²) in [6.07, 6.45) is 2.52. The van der Waals surface area contributed by atoms with E-state index in [1.54, 1.807) is 19.3 Å². The summed E-state index contributed by atoms with van der Waals surface area (Å²) in [5.74, 6) is -0.780. The number of hydrogen-bond donors (Lipinski definition) is 5. The lowest BCUT2D eigenvalue weighted by Crippen LogP contribution is -2.65. The first-order valence-corrected chi connectivity index (χ1v) is 11.8. The predicted octanol–water partition coefficient (Wildman–Crippen LogP) is -0.323. The summed E-state index contributed by atoms with van der Waals surface area (Å²) < 4.78 is 10.3. The number of hydrogen-bond acceptors (Lipinski definition) is 9. The minimum atomic E-state index is -1.42. The molecule has 5 N–H and O–H groups in total. The molecule has 0 aromatic heterocycles. The van der Waals surface area contributed by atoms with Crippen molar-refractivity contribution in [1.29, 1.82) is 0 Å². The molecule has 1 fully saturated rings. The molecular weight excluding hydrogens is 448 g/mol. The monoisotopic (exact) mass is 478 g/mol. The van der Waals surface area contributed by atoms with Gasteiger partial charge in [-0.15, -0.1) is 23.4 Å². The lowest BCUT2D eigenvalue weighted by Gasteiger charge is -2.44. The van der Waals surface area contributed by atoms with Crippen molar-refractivity contribution >= 4 is 35.2 Å². The zero-order valence-electron chi connectivity index (χ0n) is 17.7. The number of amides is 1. The Balaban J connectivity index is 2.07. The molecule has 8 atom stereocenters. The molecule has 9 nitrogen and oxygen atoms in total. The van der Waals surface area contributed by atoms with Gasteiger partial charge in [-0.2, -0.15) is 0 Å². The second-order valence-corrected chi connectivity index (χ2v) is 9.14. The van der Waals surface area contributed by atoms with Gasteiger partial charge in [-0.05, 0) is 32.6 Å². The van der Waals surface area contributed by atoms with Gasteiger partial charge in [-0.1, -0.05) is 17.7 Å². The highest BCUT2D eigenvalue weighted by molar-refractivity contribution is 7.99. The van der Waals surface area contributed by atoms with Gasteiger partial charge in [-0.3, -0.25) is 4.79 Å². The van der Waals surface area contributed by atoms with E-state index in [-0.39, 0.29) is 5.91 Å². The van der Waals surface area contributed by atoms with Crippen LogP contribution >= 0.6 is 23.4 Å². The van der Waals surface area contributed by atoms with Gasteiger partial charge in [0.15, 0.2) is 0 Å². The van der Waals surface area contributed by atoms with Crippen LogP contribution in [0.25, 0.3) is 0 Å². The van der Waals surface area contributed by atoms with Gasteiger partial charge in [0.1, 0.15) is 29.9 Å². The quantitative estimate of drug-likeness (QED) is 0.189. The zero-order chi connectivity index (χ0) is 23.1. The standard InChI is InChI=1S/C20H31ClN2O7S/c1-10(21)14(18-16(26)15(25)17(27)20(30-18)31-3)23-19(28)12-6-4-11(8-9-22-12)5-7-13(24)29-2/h4-5,7,10,12,14-18,20,22,25-27H,6,8-9H2,1-3H3,(H,23,28)/b7-5+/t10-,12?,14+,15?,16?,17+,18+,20?/m0/s1. The number of aliphatic hydroxyl groups excluding tert-OH is 3. The fourth-order valence-electron chi connectivity index (χ4n) is 3.53. The van der Waals surface area contributed by atoms with E-state index in [2.05, 4.69) is 15.4 Å². The second kappa shape index (κ2) is 12.2. The third-order valence-electron chi connectivity index (χ3n) is 5.37. The molecule has 11 heteroatoms. The Bertz CT molecular complexity index is 688. The van der Waals surface area contributed by atoms with Crippen LogP contribution in [0.1, 0.15) is 19.8 Å². The highest BCUT2D eigenvalue weighted by Gasteiger charge is 2.48. The largest absolute Gasteiger partial charge is 0.466 e. The molecule has 0 aromatic rings. The van der Waals surface area contributed by atoms with Gasteiger partial charge in [0.2, 0.25) is 5.91 Å². The first kappa shape index (κ1) is 26.1. The normalized spacial score (nSPS) is 33.8. The topological polar surface area (TPSA) is 137 Å². The van der Waals surface area contributed by atoms with E-state index < -0.39 is 53.3 Å². The first-order chi connectivity index (χ1) is 14.7. The smallest absolute Gasteiger partial charge is 0.330 e. The van der Waals surface area contributed by atoms with Gasteiger partial charge < -0.3 is 35.4 Å². The van der Waals surface area contributed by atoms with Crippen LogP contribution in [0.2, 0.25) is 0 Å². The van der Waals surface area contributed by atoms with Crippen LogP contribution in [-0.2, 0) is 19.1 Å². The van der Waals surface area contributed by atoms with Crippen molar-refractivity contribution in [1.82, 2.24) is 10.6 Å². The molecule has 2 aliphatic rings. The van der Waals surface area contributed by atoms with Crippen LogP contribution in [0, 0.1) is 0 Å². The van der Waals surface area contributed by atoms with Gasteiger partial charge in [0, 0.05) is 6.08 Å². The van der Waals surface area contributed by atoms with Gasteiger partial charge in [-0.25, -0.2) is 4.79 Å². The Morgan fingerprint density at radius 1 is 1.35 bits per heavy atom. The minimum Gasteiger partial charge on any atom is -0.466 e. The molecule has 0 spiro atoms. The average Bonchev–Trinajstić information content (AvgIpc) is 3.00. The summed E-state index contributed by atoms with van der Waals surface area (Å²) in [7, 11) is 1.30. The third-order valence-corrected chi connectivity index (χ3v) is 6.49. The van der Waals surface area contributed by atoms with Gasteiger partial charge in [0.25, 0.3) is 0 Å². The number of rotatable bonds is 7. The summed E-state index contributed by atoms with van der Waals surface area (Å²) in [5.41, 5.74) is 0.141. The number of nitrogens with one attached hydrogen (secondary N) is 2. The Kier molecular flexibility index (Phi) is 10.3. The Morgan fingerprint density at radius 2 is 2.06 bits per heavy atom. The molecule has 31 heavy (non-hydrogen) atoms. The Labute approximate surface area is 191 Å². The van der Waals surface area contributed by atoms with E-state index in [0.717, 1.165) is 5.57 Å². The van der Waals surface area contributed by atoms with Crippen molar-refractivity contribution in [2.45, 2.75) is 67.1 Å². The molecule has 2 aliphatic heterocycles. The van der Waals surface area contributed by atoms with Crippen LogP contribution in [-0.4, -0.2) is 94.4 Å². The number of carbonyl (C=O) groups excluding carboxylic acids is 2. The van der Waals surface area contributed by atoms with E-state index >= 15 is 0 Å². The highest BCUT2D eigenvalue weighted by Crippen LogP contribution is 2.30. The molecular formula is C20H31ClN2O7S. The fourth-order valence-corrected chi connectivity index (χ4v) is 4.41. The summed E-state index contributed by atoms with van der Waals surface area (Å²) in [6.45, 7) is 2.18. The van der Waals surface area contributed by atoms with Crippen molar-refractivity contribution < 1.29 is 34.4 Å². The maximum atomic E-state index is 12.9. The molecule has 2 heterocycles. The SMILES string of the molecule is COC(=O)/C=C/C1=CCC(C(=O)N[C@H]([C@H](C)Cl)[C@H]2OC(SC)[C@H](O)C(O)C2O)NCC1. The number of ether oxygens (including phenoxy) is 2. The van der Waals surface area contributed by atoms with Gasteiger partial charge >= 0.3 is 5.97 Å². The lowest BCUT2D eigenvalue weighted by atomic mass is 9.93.